The number of aromatic nitrogens is 1. The fraction of sp³-hybridized carbons (Fsp3) is 0.667. The molecule has 0 saturated carbocycles. The normalized spacial score (nSPS) is 21.9. The molecule has 2 atom stereocenters. The van der Waals surface area contributed by atoms with E-state index >= 15 is 0 Å². The molecule has 0 aliphatic carbocycles. The maximum absolute atomic E-state index is 4.63. The van der Waals surface area contributed by atoms with Gasteiger partial charge in [-0.1, -0.05) is 19.4 Å². The fourth-order valence-corrected chi connectivity index (χ4v) is 2.61. The minimum atomic E-state index is 0.372. The largest absolute Gasteiger partial charge is 0.356 e. The molecule has 2 heterocycles. The van der Waals surface area contributed by atoms with Crippen LogP contribution in [0.5, 0.6) is 0 Å². The molecule has 100 valence electrons. The predicted octanol–water partition coefficient (Wildman–Crippen LogP) is 2.99. The Morgan fingerprint density at radius 1 is 1.50 bits per heavy atom. The second-order valence-electron chi connectivity index (χ2n) is 5.32. The molecule has 0 bridgehead atoms. The van der Waals surface area contributed by atoms with Crippen LogP contribution in [0.3, 0.4) is 0 Å². The van der Waals surface area contributed by atoms with E-state index in [1.54, 1.807) is 0 Å². The third-order valence-electron chi connectivity index (χ3n) is 4.12. The summed E-state index contributed by atoms with van der Waals surface area (Å²) in [7, 11) is 1.98. The Morgan fingerprint density at radius 2 is 2.33 bits per heavy atom. The first-order valence-electron chi connectivity index (χ1n) is 7.12. The molecule has 0 aromatic carbocycles. The molecule has 0 spiro atoms. The number of pyridine rings is 1. The van der Waals surface area contributed by atoms with Gasteiger partial charge < -0.3 is 10.2 Å². The molecule has 0 radical (unpaired) electrons. The van der Waals surface area contributed by atoms with Gasteiger partial charge in [-0.15, -0.1) is 0 Å². The summed E-state index contributed by atoms with van der Waals surface area (Å²) in [4.78, 5) is 7.06. The van der Waals surface area contributed by atoms with Gasteiger partial charge in [0.2, 0.25) is 0 Å². The molecule has 3 nitrogen and oxygen atoms in total. The van der Waals surface area contributed by atoms with Crippen molar-refractivity contribution in [2.24, 2.45) is 5.92 Å². The number of hydrogen-bond acceptors (Lipinski definition) is 3. The van der Waals surface area contributed by atoms with Crippen LogP contribution in [0.4, 0.5) is 5.82 Å². The van der Waals surface area contributed by atoms with E-state index in [1.165, 1.54) is 31.4 Å². The fourth-order valence-electron chi connectivity index (χ4n) is 2.61. The van der Waals surface area contributed by atoms with Crippen molar-refractivity contribution in [2.75, 3.05) is 25.0 Å². The van der Waals surface area contributed by atoms with Crippen molar-refractivity contribution in [2.45, 2.75) is 39.2 Å². The summed E-state index contributed by atoms with van der Waals surface area (Å²) in [5.41, 5.74) is 1.25. The van der Waals surface area contributed by atoms with Gasteiger partial charge in [0.25, 0.3) is 0 Å². The minimum Gasteiger partial charge on any atom is -0.356 e. The number of hydrogen-bond donors (Lipinski definition) is 1. The van der Waals surface area contributed by atoms with E-state index in [9.17, 15) is 0 Å². The number of nitrogens with zero attached hydrogens (tertiary/aromatic N) is 2. The third kappa shape index (κ3) is 3.02. The molecule has 0 amide bonds. The summed E-state index contributed by atoms with van der Waals surface area (Å²) in [5.74, 6) is 1.98. The zero-order chi connectivity index (χ0) is 13.0. The second kappa shape index (κ2) is 6.19. The van der Waals surface area contributed by atoms with Crippen molar-refractivity contribution in [3.63, 3.8) is 0 Å². The molecule has 2 rings (SSSR count). The van der Waals surface area contributed by atoms with Gasteiger partial charge in [0.15, 0.2) is 0 Å². The Balaban J connectivity index is 2.04. The Hall–Kier alpha value is -1.09. The number of nitrogens with one attached hydrogen (secondary N) is 1. The predicted molar refractivity (Wildman–Crippen MR) is 76.9 cm³/mol. The van der Waals surface area contributed by atoms with E-state index in [0.717, 1.165) is 18.3 Å². The number of anilines is 1. The average molecular weight is 247 g/mol. The van der Waals surface area contributed by atoms with Gasteiger partial charge in [-0.2, -0.15) is 0 Å². The van der Waals surface area contributed by atoms with Gasteiger partial charge in [0.05, 0.1) is 0 Å². The van der Waals surface area contributed by atoms with E-state index in [2.05, 4.69) is 41.2 Å². The summed E-state index contributed by atoms with van der Waals surface area (Å²) < 4.78 is 0. The zero-order valence-corrected chi connectivity index (χ0v) is 11.8. The molecule has 1 N–H and O–H groups in total. The van der Waals surface area contributed by atoms with Gasteiger partial charge in [0, 0.05) is 25.3 Å². The zero-order valence-electron chi connectivity index (χ0n) is 11.8. The molecule has 1 aliphatic rings. The summed E-state index contributed by atoms with van der Waals surface area (Å²) in [6, 6.07) is 4.73. The SMILES string of the molecule is CCC1CCCN(c2ccc(C(C)NC)cn2)C1. The van der Waals surface area contributed by atoms with Gasteiger partial charge in [0.1, 0.15) is 5.82 Å². The highest BCUT2D eigenvalue weighted by atomic mass is 15.2. The molecule has 2 unspecified atom stereocenters. The first-order chi connectivity index (χ1) is 8.74. The highest BCUT2D eigenvalue weighted by molar-refractivity contribution is 5.40. The number of piperidine rings is 1. The molecule has 18 heavy (non-hydrogen) atoms. The third-order valence-corrected chi connectivity index (χ3v) is 4.12. The van der Waals surface area contributed by atoms with Crippen LogP contribution in [0.1, 0.15) is 44.7 Å². The first-order valence-corrected chi connectivity index (χ1v) is 7.12. The monoisotopic (exact) mass is 247 g/mol. The Kier molecular flexibility index (Phi) is 4.59. The lowest BCUT2D eigenvalue weighted by atomic mass is 9.96. The van der Waals surface area contributed by atoms with E-state index < -0.39 is 0 Å². The van der Waals surface area contributed by atoms with Crippen LogP contribution in [0.2, 0.25) is 0 Å². The van der Waals surface area contributed by atoms with Crippen molar-refractivity contribution in [3.8, 4) is 0 Å². The van der Waals surface area contributed by atoms with Crippen molar-refractivity contribution in [1.29, 1.82) is 0 Å². The molecule has 1 aliphatic heterocycles. The van der Waals surface area contributed by atoms with Crippen LogP contribution in [-0.4, -0.2) is 25.1 Å². The standard InChI is InChI=1S/C15H25N3/c1-4-13-6-5-9-18(11-13)15-8-7-14(10-17-15)12(2)16-3/h7-8,10,12-13,16H,4-6,9,11H2,1-3H3. The van der Waals surface area contributed by atoms with Gasteiger partial charge >= 0.3 is 0 Å². The molecular weight excluding hydrogens is 222 g/mol. The average Bonchev–Trinajstić information content (AvgIpc) is 2.46. The Labute approximate surface area is 111 Å². The molecule has 3 heteroatoms. The smallest absolute Gasteiger partial charge is 0.128 e. The quantitative estimate of drug-likeness (QED) is 0.886. The van der Waals surface area contributed by atoms with Crippen molar-refractivity contribution < 1.29 is 0 Å². The lowest BCUT2D eigenvalue weighted by Crippen LogP contribution is -2.35. The van der Waals surface area contributed by atoms with Crippen LogP contribution in [-0.2, 0) is 0 Å². The highest BCUT2D eigenvalue weighted by Gasteiger charge is 2.19. The summed E-state index contributed by atoms with van der Waals surface area (Å²) in [6.45, 7) is 6.78. The van der Waals surface area contributed by atoms with Crippen molar-refractivity contribution in [3.05, 3.63) is 23.9 Å². The molecule has 1 saturated heterocycles. The van der Waals surface area contributed by atoms with Crippen LogP contribution >= 0.6 is 0 Å². The van der Waals surface area contributed by atoms with E-state index in [-0.39, 0.29) is 0 Å². The van der Waals surface area contributed by atoms with Crippen LogP contribution < -0.4 is 10.2 Å². The van der Waals surface area contributed by atoms with E-state index in [1.807, 2.05) is 13.2 Å². The minimum absolute atomic E-state index is 0.372. The first kappa shape index (κ1) is 13.3. The molecule has 1 fully saturated rings. The van der Waals surface area contributed by atoms with Crippen molar-refractivity contribution >= 4 is 5.82 Å². The van der Waals surface area contributed by atoms with E-state index in [4.69, 9.17) is 0 Å². The van der Waals surface area contributed by atoms with Crippen LogP contribution in [0.25, 0.3) is 0 Å². The van der Waals surface area contributed by atoms with E-state index in [0.29, 0.717) is 6.04 Å². The lowest BCUT2D eigenvalue weighted by molar-refractivity contribution is 0.403. The maximum Gasteiger partial charge on any atom is 0.128 e. The Bertz CT molecular complexity index is 361. The summed E-state index contributed by atoms with van der Waals surface area (Å²) in [5, 5.41) is 3.24. The van der Waals surface area contributed by atoms with Gasteiger partial charge in [-0.05, 0) is 44.4 Å². The molecular formula is C15H25N3. The molecule has 1 aromatic heterocycles. The molecule has 1 aromatic rings. The number of rotatable bonds is 4. The maximum atomic E-state index is 4.63. The van der Waals surface area contributed by atoms with Crippen LogP contribution in [0.15, 0.2) is 18.3 Å². The Morgan fingerprint density at radius 3 is 2.94 bits per heavy atom. The highest BCUT2D eigenvalue weighted by Crippen LogP contribution is 2.24. The van der Waals surface area contributed by atoms with Gasteiger partial charge in [-0.3, -0.25) is 0 Å². The topological polar surface area (TPSA) is 28.2 Å². The summed E-state index contributed by atoms with van der Waals surface area (Å²) >= 11 is 0. The van der Waals surface area contributed by atoms with Gasteiger partial charge in [-0.25, -0.2) is 4.98 Å². The summed E-state index contributed by atoms with van der Waals surface area (Å²) in [6.07, 6.45) is 5.97. The lowest BCUT2D eigenvalue weighted by Gasteiger charge is -2.33. The second-order valence-corrected chi connectivity index (χ2v) is 5.32. The van der Waals surface area contributed by atoms with Crippen LogP contribution in [0, 0.1) is 5.92 Å². The van der Waals surface area contributed by atoms with Crippen molar-refractivity contribution in [1.82, 2.24) is 10.3 Å².